The van der Waals surface area contributed by atoms with Crippen molar-refractivity contribution in [3.63, 3.8) is 0 Å². The third-order valence-electron chi connectivity index (χ3n) is 2.58. The van der Waals surface area contributed by atoms with Gasteiger partial charge < -0.3 is 0 Å². The zero-order valence-corrected chi connectivity index (χ0v) is 10.1. The first-order valence-corrected chi connectivity index (χ1v) is 5.71. The second kappa shape index (κ2) is 6.62. The van der Waals surface area contributed by atoms with Crippen molar-refractivity contribution >= 4 is 17.6 Å². The minimum absolute atomic E-state index is 0.0627. The summed E-state index contributed by atoms with van der Waals surface area (Å²) < 4.78 is 0. The molecule has 92 valence electrons. The highest BCUT2D eigenvalue weighted by Gasteiger charge is 2.04. The van der Waals surface area contributed by atoms with Gasteiger partial charge in [0, 0.05) is 18.3 Å². The molecule has 0 radical (unpaired) electrons. The third-order valence-corrected chi connectivity index (χ3v) is 2.58. The Hall–Kier alpha value is -1.91. The second-order valence-electron chi connectivity index (χ2n) is 3.77. The van der Waals surface area contributed by atoms with E-state index in [1.54, 1.807) is 12.1 Å². The standard InChI is InChI=1S/C12H17N3O2/c1-3-10(4-2)9-13-14-11-6-5-7-12(8-11)15(16)17/h5-10,14H,3-4H2,1-2H3/b13-9-. The van der Waals surface area contributed by atoms with Crippen LogP contribution < -0.4 is 5.43 Å². The third kappa shape index (κ3) is 4.22. The van der Waals surface area contributed by atoms with E-state index in [4.69, 9.17) is 0 Å². The van der Waals surface area contributed by atoms with Gasteiger partial charge in [0.2, 0.25) is 0 Å². The molecule has 0 saturated carbocycles. The van der Waals surface area contributed by atoms with Crippen molar-refractivity contribution in [3.05, 3.63) is 34.4 Å². The van der Waals surface area contributed by atoms with Gasteiger partial charge in [0.25, 0.3) is 5.69 Å². The lowest BCUT2D eigenvalue weighted by molar-refractivity contribution is -0.384. The monoisotopic (exact) mass is 235 g/mol. The number of hydrogen-bond acceptors (Lipinski definition) is 4. The maximum Gasteiger partial charge on any atom is 0.271 e. The summed E-state index contributed by atoms with van der Waals surface area (Å²) in [7, 11) is 0. The van der Waals surface area contributed by atoms with E-state index in [-0.39, 0.29) is 5.69 Å². The van der Waals surface area contributed by atoms with Gasteiger partial charge in [0.1, 0.15) is 0 Å². The Morgan fingerprint density at radius 1 is 1.47 bits per heavy atom. The molecule has 17 heavy (non-hydrogen) atoms. The summed E-state index contributed by atoms with van der Waals surface area (Å²) in [6.45, 7) is 4.21. The first-order chi connectivity index (χ1) is 8.17. The number of nitrogens with zero attached hydrogens (tertiary/aromatic N) is 2. The highest BCUT2D eigenvalue weighted by molar-refractivity contribution is 5.62. The Balaban J connectivity index is 2.63. The van der Waals surface area contributed by atoms with Gasteiger partial charge in [-0.1, -0.05) is 19.9 Å². The molecule has 0 heterocycles. The fourth-order valence-corrected chi connectivity index (χ4v) is 1.41. The quantitative estimate of drug-likeness (QED) is 0.466. The maximum atomic E-state index is 10.6. The van der Waals surface area contributed by atoms with Gasteiger partial charge in [-0.3, -0.25) is 15.5 Å². The number of hydrogen-bond donors (Lipinski definition) is 1. The number of nitrogens with one attached hydrogen (secondary N) is 1. The first kappa shape index (κ1) is 13.2. The number of nitro benzene ring substituents is 1. The summed E-state index contributed by atoms with van der Waals surface area (Å²) in [5, 5.41) is 14.7. The van der Waals surface area contributed by atoms with Crippen molar-refractivity contribution in [1.29, 1.82) is 0 Å². The Kier molecular flexibility index (Phi) is 5.13. The van der Waals surface area contributed by atoms with Crippen LogP contribution in [-0.2, 0) is 0 Å². The van der Waals surface area contributed by atoms with E-state index in [0.717, 1.165) is 12.8 Å². The van der Waals surface area contributed by atoms with Crippen molar-refractivity contribution in [2.45, 2.75) is 26.7 Å². The topological polar surface area (TPSA) is 67.5 Å². The average Bonchev–Trinajstić information content (AvgIpc) is 2.35. The molecule has 0 bridgehead atoms. The lowest BCUT2D eigenvalue weighted by Gasteiger charge is -2.04. The summed E-state index contributed by atoms with van der Waals surface area (Å²) in [6.07, 6.45) is 3.92. The van der Waals surface area contributed by atoms with Crippen LogP contribution in [0.3, 0.4) is 0 Å². The molecule has 0 fully saturated rings. The van der Waals surface area contributed by atoms with E-state index < -0.39 is 4.92 Å². The van der Waals surface area contributed by atoms with Crippen LogP contribution in [0.25, 0.3) is 0 Å². The molecule has 0 unspecified atom stereocenters. The van der Waals surface area contributed by atoms with Crippen LogP contribution in [0.1, 0.15) is 26.7 Å². The molecule has 5 heteroatoms. The normalized spacial score (nSPS) is 11.0. The summed E-state index contributed by atoms with van der Waals surface area (Å²) >= 11 is 0. The molecule has 0 spiro atoms. The molecule has 1 N–H and O–H groups in total. The van der Waals surface area contributed by atoms with E-state index in [9.17, 15) is 10.1 Å². The highest BCUT2D eigenvalue weighted by Crippen LogP contribution is 2.16. The van der Waals surface area contributed by atoms with Crippen LogP contribution in [-0.4, -0.2) is 11.1 Å². The van der Waals surface area contributed by atoms with Gasteiger partial charge >= 0.3 is 0 Å². The van der Waals surface area contributed by atoms with Gasteiger partial charge in [-0.25, -0.2) is 0 Å². The summed E-state index contributed by atoms with van der Waals surface area (Å²) in [4.78, 5) is 10.1. The lowest BCUT2D eigenvalue weighted by Crippen LogP contribution is -2.00. The van der Waals surface area contributed by atoms with E-state index in [2.05, 4.69) is 24.4 Å². The van der Waals surface area contributed by atoms with Crippen LogP contribution in [0.15, 0.2) is 29.4 Å². The number of rotatable bonds is 6. The van der Waals surface area contributed by atoms with Gasteiger partial charge in [0.15, 0.2) is 0 Å². The van der Waals surface area contributed by atoms with Crippen LogP contribution in [0.5, 0.6) is 0 Å². The number of anilines is 1. The fraction of sp³-hybridized carbons (Fsp3) is 0.417. The summed E-state index contributed by atoms with van der Waals surface area (Å²) in [6, 6.07) is 6.30. The molecule has 0 aromatic heterocycles. The molecule has 0 saturated heterocycles. The van der Waals surface area contributed by atoms with Crippen molar-refractivity contribution < 1.29 is 4.92 Å². The molecule has 0 aliphatic carbocycles. The van der Waals surface area contributed by atoms with E-state index in [1.807, 2.05) is 6.21 Å². The lowest BCUT2D eigenvalue weighted by atomic mass is 10.1. The largest absolute Gasteiger partial charge is 0.279 e. The van der Waals surface area contributed by atoms with Gasteiger partial charge in [-0.15, -0.1) is 0 Å². The number of benzene rings is 1. The number of hydrazone groups is 1. The zero-order valence-electron chi connectivity index (χ0n) is 10.1. The van der Waals surface area contributed by atoms with Gasteiger partial charge in [-0.05, 0) is 24.8 Å². The predicted molar refractivity (Wildman–Crippen MR) is 69.3 cm³/mol. The fourth-order valence-electron chi connectivity index (χ4n) is 1.41. The van der Waals surface area contributed by atoms with Crippen molar-refractivity contribution in [1.82, 2.24) is 0 Å². The van der Waals surface area contributed by atoms with Crippen molar-refractivity contribution in [2.24, 2.45) is 11.0 Å². The number of nitro groups is 1. The minimum atomic E-state index is -0.421. The SMILES string of the molecule is CCC(/C=N\Nc1cccc([N+](=O)[O-])c1)CC. The Labute approximate surface area is 101 Å². The molecular formula is C12H17N3O2. The van der Waals surface area contributed by atoms with Crippen LogP contribution in [0, 0.1) is 16.0 Å². The van der Waals surface area contributed by atoms with Crippen LogP contribution in [0.4, 0.5) is 11.4 Å². The van der Waals surface area contributed by atoms with Crippen molar-refractivity contribution in [3.8, 4) is 0 Å². The van der Waals surface area contributed by atoms with Crippen LogP contribution in [0.2, 0.25) is 0 Å². The van der Waals surface area contributed by atoms with E-state index in [0.29, 0.717) is 11.6 Å². The molecule has 1 aromatic carbocycles. The van der Waals surface area contributed by atoms with Crippen molar-refractivity contribution in [2.75, 3.05) is 5.43 Å². The molecule has 1 aromatic rings. The Morgan fingerprint density at radius 2 is 2.18 bits per heavy atom. The van der Waals surface area contributed by atoms with E-state index in [1.165, 1.54) is 12.1 Å². The van der Waals surface area contributed by atoms with Gasteiger partial charge in [-0.2, -0.15) is 5.10 Å². The molecule has 0 aliphatic rings. The number of non-ortho nitro benzene ring substituents is 1. The maximum absolute atomic E-state index is 10.6. The molecule has 0 atom stereocenters. The summed E-state index contributed by atoms with van der Waals surface area (Å²) in [5.74, 6) is 0.446. The second-order valence-corrected chi connectivity index (χ2v) is 3.77. The highest BCUT2D eigenvalue weighted by atomic mass is 16.6. The van der Waals surface area contributed by atoms with Gasteiger partial charge in [0.05, 0.1) is 10.6 Å². The first-order valence-electron chi connectivity index (χ1n) is 5.71. The zero-order chi connectivity index (χ0) is 12.7. The molecular weight excluding hydrogens is 218 g/mol. The molecule has 0 amide bonds. The smallest absolute Gasteiger partial charge is 0.271 e. The Bertz CT molecular complexity index is 400. The van der Waals surface area contributed by atoms with E-state index >= 15 is 0 Å². The molecule has 0 aliphatic heterocycles. The minimum Gasteiger partial charge on any atom is -0.279 e. The average molecular weight is 235 g/mol. The molecule has 1 rings (SSSR count). The van der Waals surface area contributed by atoms with Crippen LogP contribution >= 0.6 is 0 Å². The molecule has 5 nitrogen and oxygen atoms in total. The predicted octanol–water partition coefficient (Wildman–Crippen LogP) is 3.43. The Morgan fingerprint density at radius 3 is 2.76 bits per heavy atom. The summed E-state index contributed by atoms with van der Waals surface area (Å²) in [5.41, 5.74) is 3.49.